The molecule has 0 heterocycles. The molecule has 1 aromatic carbocycles. The number of carbonyl (C=O) groups is 1. The fourth-order valence-corrected chi connectivity index (χ4v) is 2.75. The van der Waals surface area contributed by atoms with E-state index in [1.807, 2.05) is 12.1 Å². The summed E-state index contributed by atoms with van der Waals surface area (Å²) in [6.07, 6.45) is 3.43. The molecule has 1 fully saturated rings. The highest BCUT2D eigenvalue weighted by Gasteiger charge is 2.29. The molecule has 3 nitrogen and oxygen atoms in total. The molecule has 0 radical (unpaired) electrons. The lowest BCUT2D eigenvalue weighted by molar-refractivity contribution is 0.0268. The van der Waals surface area contributed by atoms with Gasteiger partial charge in [-0.15, -0.1) is 0 Å². The van der Waals surface area contributed by atoms with Crippen LogP contribution in [0.15, 0.2) is 28.7 Å². The lowest BCUT2D eigenvalue weighted by Gasteiger charge is -2.35. The van der Waals surface area contributed by atoms with Gasteiger partial charge >= 0.3 is 0 Å². The summed E-state index contributed by atoms with van der Waals surface area (Å²) in [4.78, 5) is 14.0. The van der Waals surface area contributed by atoms with E-state index in [4.69, 9.17) is 0 Å². The number of nitrogens with zero attached hydrogens (tertiary/aromatic N) is 1. The fraction of sp³-hybridized carbons (Fsp3) is 0.500. The second-order valence-electron chi connectivity index (χ2n) is 4.84. The molecule has 1 saturated carbocycles. The van der Waals surface area contributed by atoms with Crippen molar-refractivity contribution in [2.45, 2.75) is 37.8 Å². The van der Waals surface area contributed by atoms with E-state index < -0.39 is 0 Å². The molecule has 1 aliphatic carbocycles. The Hall–Kier alpha value is -0.870. The number of rotatable bonds is 2. The zero-order chi connectivity index (χ0) is 13.1. The standard InChI is InChI=1S/C14H18BrNO2/c1-16(12-4-2-3-5-13(12)17)14(18)10-6-8-11(15)9-7-10/h6-9,12-13,17H,2-5H2,1H3. The first-order chi connectivity index (χ1) is 8.59. The van der Waals surface area contributed by atoms with E-state index in [9.17, 15) is 9.90 Å². The smallest absolute Gasteiger partial charge is 0.253 e. The van der Waals surface area contributed by atoms with Gasteiger partial charge in [-0.05, 0) is 37.1 Å². The van der Waals surface area contributed by atoms with Gasteiger partial charge in [0.2, 0.25) is 0 Å². The summed E-state index contributed by atoms with van der Waals surface area (Å²) in [5.41, 5.74) is 0.665. The highest BCUT2D eigenvalue weighted by atomic mass is 79.9. The number of aliphatic hydroxyl groups is 1. The SMILES string of the molecule is CN(C(=O)c1ccc(Br)cc1)C1CCCCC1O. The van der Waals surface area contributed by atoms with Gasteiger partial charge in [0, 0.05) is 17.1 Å². The summed E-state index contributed by atoms with van der Waals surface area (Å²) >= 11 is 3.35. The maximum atomic E-state index is 12.3. The lowest BCUT2D eigenvalue weighted by atomic mass is 9.91. The first-order valence-electron chi connectivity index (χ1n) is 6.30. The van der Waals surface area contributed by atoms with E-state index in [0.717, 1.165) is 30.2 Å². The largest absolute Gasteiger partial charge is 0.391 e. The third-order valence-corrected chi connectivity index (χ3v) is 4.13. The average molecular weight is 312 g/mol. The minimum Gasteiger partial charge on any atom is -0.391 e. The minimum atomic E-state index is -0.386. The van der Waals surface area contributed by atoms with Crippen LogP contribution >= 0.6 is 15.9 Å². The second-order valence-corrected chi connectivity index (χ2v) is 5.76. The molecule has 1 N–H and O–H groups in total. The Morgan fingerprint density at radius 2 is 1.89 bits per heavy atom. The van der Waals surface area contributed by atoms with E-state index in [1.165, 1.54) is 0 Å². The van der Waals surface area contributed by atoms with Crippen molar-refractivity contribution in [2.75, 3.05) is 7.05 Å². The number of amides is 1. The van der Waals surface area contributed by atoms with Crippen molar-refractivity contribution < 1.29 is 9.90 Å². The van der Waals surface area contributed by atoms with Crippen LogP contribution in [0.25, 0.3) is 0 Å². The molecular weight excluding hydrogens is 294 g/mol. The van der Waals surface area contributed by atoms with Crippen LogP contribution in [0, 0.1) is 0 Å². The highest BCUT2D eigenvalue weighted by Crippen LogP contribution is 2.23. The van der Waals surface area contributed by atoms with E-state index in [2.05, 4.69) is 15.9 Å². The molecule has 4 heteroatoms. The van der Waals surface area contributed by atoms with Crippen molar-refractivity contribution in [3.8, 4) is 0 Å². The maximum Gasteiger partial charge on any atom is 0.253 e. The summed E-state index contributed by atoms with van der Waals surface area (Å²) < 4.78 is 0.958. The molecule has 2 atom stereocenters. The van der Waals surface area contributed by atoms with Crippen molar-refractivity contribution in [1.29, 1.82) is 0 Å². The summed E-state index contributed by atoms with van der Waals surface area (Å²) in [6.45, 7) is 0. The number of likely N-dealkylation sites (N-methyl/N-ethyl adjacent to an activating group) is 1. The van der Waals surface area contributed by atoms with E-state index in [1.54, 1.807) is 24.1 Å². The van der Waals surface area contributed by atoms with E-state index in [-0.39, 0.29) is 18.1 Å². The molecule has 2 rings (SSSR count). The van der Waals surface area contributed by atoms with Crippen LogP contribution in [0.4, 0.5) is 0 Å². The number of hydrogen-bond donors (Lipinski definition) is 1. The molecule has 0 spiro atoms. The van der Waals surface area contributed by atoms with Gasteiger partial charge in [0.15, 0.2) is 0 Å². The first-order valence-corrected chi connectivity index (χ1v) is 7.09. The van der Waals surface area contributed by atoms with Crippen LogP contribution in [-0.2, 0) is 0 Å². The van der Waals surface area contributed by atoms with Crippen molar-refractivity contribution in [3.63, 3.8) is 0 Å². The van der Waals surface area contributed by atoms with Crippen LogP contribution in [0.5, 0.6) is 0 Å². The highest BCUT2D eigenvalue weighted by molar-refractivity contribution is 9.10. The Kier molecular flexibility index (Phi) is 4.40. The molecule has 0 aliphatic heterocycles. The molecule has 18 heavy (non-hydrogen) atoms. The molecule has 1 amide bonds. The average Bonchev–Trinajstić information content (AvgIpc) is 2.38. The summed E-state index contributed by atoms with van der Waals surface area (Å²) in [5.74, 6) is -0.0200. The van der Waals surface area contributed by atoms with Crippen LogP contribution in [-0.4, -0.2) is 35.1 Å². The predicted octanol–water partition coefficient (Wildman–Crippen LogP) is 2.82. The molecule has 0 bridgehead atoms. The minimum absolute atomic E-state index is 0.0200. The van der Waals surface area contributed by atoms with Gasteiger partial charge in [-0.1, -0.05) is 28.8 Å². The second kappa shape index (κ2) is 5.85. The number of halogens is 1. The zero-order valence-electron chi connectivity index (χ0n) is 10.5. The number of hydrogen-bond acceptors (Lipinski definition) is 2. The van der Waals surface area contributed by atoms with Crippen molar-refractivity contribution in [1.82, 2.24) is 4.90 Å². The third kappa shape index (κ3) is 2.93. The Morgan fingerprint density at radius 3 is 2.50 bits per heavy atom. The van der Waals surface area contributed by atoms with Crippen LogP contribution in [0.2, 0.25) is 0 Å². The monoisotopic (exact) mass is 311 g/mol. The summed E-state index contributed by atoms with van der Waals surface area (Å²) in [7, 11) is 1.78. The van der Waals surface area contributed by atoms with Crippen molar-refractivity contribution >= 4 is 21.8 Å². The number of carbonyl (C=O) groups excluding carboxylic acids is 1. The molecule has 1 aliphatic rings. The number of benzene rings is 1. The van der Waals surface area contributed by atoms with Gasteiger partial charge in [0.25, 0.3) is 5.91 Å². The lowest BCUT2D eigenvalue weighted by Crippen LogP contribution is -2.46. The van der Waals surface area contributed by atoms with Crippen LogP contribution in [0.3, 0.4) is 0 Å². The summed E-state index contributed by atoms with van der Waals surface area (Å²) in [5, 5.41) is 9.98. The van der Waals surface area contributed by atoms with Crippen LogP contribution < -0.4 is 0 Å². The molecular formula is C14H18BrNO2. The Morgan fingerprint density at radius 1 is 1.28 bits per heavy atom. The first kappa shape index (κ1) is 13.6. The molecule has 0 aromatic heterocycles. The molecule has 0 saturated heterocycles. The van der Waals surface area contributed by atoms with Gasteiger partial charge in [-0.25, -0.2) is 0 Å². The van der Waals surface area contributed by atoms with Gasteiger partial charge in [-0.2, -0.15) is 0 Å². The Labute approximate surface area is 116 Å². The van der Waals surface area contributed by atoms with Crippen molar-refractivity contribution in [3.05, 3.63) is 34.3 Å². The molecule has 98 valence electrons. The van der Waals surface area contributed by atoms with Crippen molar-refractivity contribution in [2.24, 2.45) is 0 Å². The normalized spacial score (nSPS) is 23.7. The zero-order valence-corrected chi connectivity index (χ0v) is 12.1. The quantitative estimate of drug-likeness (QED) is 0.912. The number of aliphatic hydroxyl groups excluding tert-OH is 1. The van der Waals surface area contributed by atoms with Gasteiger partial charge in [0.1, 0.15) is 0 Å². The Bertz CT molecular complexity index is 418. The van der Waals surface area contributed by atoms with Gasteiger partial charge in [0.05, 0.1) is 12.1 Å². The predicted molar refractivity (Wildman–Crippen MR) is 74.5 cm³/mol. The summed E-state index contributed by atoms with van der Waals surface area (Å²) in [6, 6.07) is 7.28. The molecule has 1 aromatic rings. The van der Waals surface area contributed by atoms with E-state index in [0.29, 0.717) is 5.56 Å². The third-order valence-electron chi connectivity index (χ3n) is 3.60. The van der Waals surface area contributed by atoms with E-state index >= 15 is 0 Å². The van der Waals surface area contributed by atoms with Crippen LogP contribution in [0.1, 0.15) is 36.0 Å². The van der Waals surface area contributed by atoms with Gasteiger partial charge < -0.3 is 10.0 Å². The maximum absolute atomic E-state index is 12.3. The Balaban J connectivity index is 2.10. The fourth-order valence-electron chi connectivity index (χ4n) is 2.49. The molecule has 2 unspecified atom stereocenters. The van der Waals surface area contributed by atoms with Gasteiger partial charge in [-0.3, -0.25) is 4.79 Å². The topological polar surface area (TPSA) is 40.5 Å².